The van der Waals surface area contributed by atoms with Crippen LogP contribution in [-0.4, -0.2) is 51.4 Å². The SMILES string of the molecule is Cc1ccc(S(=O)(=O)NCCN(C)C(C)C(=O)NC(N)=O)cc1. The molecule has 0 aliphatic rings. The Hall–Kier alpha value is -1.97. The molecule has 0 spiro atoms. The van der Waals surface area contributed by atoms with Gasteiger partial charge >= 0.3 is 6.03 Å². The third kappa shape index (κ3) is 5.97. The van der Waals surface area contributed by atoms with Gasteiger partial charge in [-0.1, -0.05) is 17.7 Å². The summed E-state index contributed by atoms with van der Waals surface area (Å²) in [6.45, 7) is 3.88. The largest absolute Gasteiger partial charge is 0.351 e. The number of nitrogens with one attached hydrogen (secondary N) is 2. The zero-order valence-corrected chi connectivity index (χ0v) is 14.2. The van der Waals surface area contributed by atoms with E-state index in [1.165, 1.54) is 12.1 Å². The Morgan fingerprint density at radius 1 is 1.26 bits per heavy atom. The lowest BCUT2D eigenvalue weighted by Crippen LogP contribution is -2.48. The third-order valence-corrected chi connectivity index (χ3v) is 4.85. The van der Waals surface area contributed by atoms with Crippen molar-refractivity contribution in [2.24, 2.45) is 5.73 Å². The summed E-state index contributed by atoms with van der Waals surface area (Å²) < 4.78 is 26.7. The molecule has 3 amide bonds. The molecule has 0 heterocycles. The normalized spacial score (nSPS) is 12.9. The molecule has 1 aromatic carbocycles. The summed E-state index contributed by atoms with van der Waals surface area (Å²) in [5.74, 6) is -0.540. The molecule has 0 aromatic heterocycles. The fourth-order valence-electron chi connectivity index (χ4n) is 1.78. The summed E-state index contributed by atoms with van der Waals surface area (Å²) in [6, 6.07) is 4.96. The number of carbonyl (C=O) groups excluding carboxylic acids is 2. The summed E-state index contributed by atoms with van der Waals surface area (Å²) in [5, 5.41) is 1.98. The summed E-state index contributed by atoms with van der Waals surface area (Å²) >= 11 is 0. The lowest BCUT2D eigenvalue weighted by atomic mass is 10.2. The highest BCUT2D eigenvalue weighted by Gasteiger charge is 2.20. The molecule has 4 N–H and O–H groups in total. The van der Waals surface area contributed by atoms with E-state index < -0.39 is 28.0 Å². The van der Waals surface area contributed by atoms with Crippen molar-refractivity contribution in [3.63, 3.8) is 0 Å². The van der Waals surface area contributed by atoms with E-state index in [0.717, 1.165) is 5.56 Å². The number of primary amides is 1. The summed E-state index contributed by atoms with van der Waals surface area (Å²) in [5.41, 5.74) is 5.85. The van der Waals surface area contributed by atoms with Crippen LogP contribution in [0.5, 0.6) is 0 Å². The number of carbonyl (C=O) groups is 2. The number of hydrogen-bond donors (Lipinski definition) is 3. The fourth-order valence-corrected chi connectivity index (χ4v) is 2.80. The Bertz CT molecular complexity index is 658. The van der Waals surface area contributed by atoms with Crippen LogP contribution < -0.4 is 15.8 Å². The van der Waals surface area contributed by atoms with Crippen molar-refractivity contribution in [2.45, 2.75) is 24.8 Å². The van der Waals surface area contributed by atoms with Gasteiger partial charge < -0.3 is 5.73 Å². The molecule has 8 nitrogen and oxygen atoms in total. The van der Waals surface area contributed by atoms with Crippen LogP contribution in [0.4, 0.5) is 4.79 Å². The minimum absolute atomic E-state index is 0.126. The average molecular weight is 342 g/mol. The summed E-state index contributed by atoms with van der Waals surface area (Å²) in [7, 11) is -1.94. The Labute approximate surface area is 136 Å². The first-order valence-electron chi connectivity index (χ1n) is 7.00. The van der Waals surface area contributed by atoms with Gasteiger partial charge in [0.2, 0.25) is 15.9 Å². The van der Waals surface area contributed by atoms with Crippen molar-refractivity contribution in [3.05, 3.63) is 29.8 Å². The molecule has 0 fully saturated rings. The first kappa shape index (κ1) is 19.1. The van der Waals surface area contributed by atoms with Gasteiger partial charge in [0, 0.05) is 13.1 Å². The molecule has 0 saturated heterocycles. The molecule has 1 unspecified atom stereocenters. The standard InChI is InChI=1S/C14H22N4O4S/c1-10-4-6-12(7-5-10)23(21,22)16-8-9-18(3)11(2)13(19)17-14(15)20/h4-7,11,16H,8-9H2,1-3H3,(H3,15,17,19,20). The highest BCUT2D eigenvalue weighted by Crippen LogP contribution is 2.09. The first-order valence-corrected chi connectivity index (χ1v) is 8.48. The second-order valence-electron chi connectivity index (χ2n) is 5.22. The van der Waals surface area contributed by atoms with E-state index >= 15 is 0 Å². The van der Waals surface area contributed by atoms with Gasteiger partial charge in [-0.25, -0.2) is 17.9 Å². The molecular formula is C14H22N4O4S. The molecule has 128 valence electrons. The zero-order chi connectivity index (χ0) is 17.6. The van der Waals surface area contributed by atoms with Gasteiger partial charge in [-0.15, -0.1) is 0 Å². The van der Waals surface area contributed by atoms with Crippen LogP contribution in [0, 0.1) is 6.92 Å². The molecule has 0 radical (unpaired) electrons. The van der Waals surface area contributed by atoms with E-state index in [0.29, 0.717) is 6.54 Å². The van der Waals surface area contributed by atoms with Crippen molar-refractivity contribution >= 4 is 22.0 Å². The number of rotatable bonds is 7. The molecule has 0 aliphatic heterocycles. The molecule has 9 heteroatoms. The van der Waals surface area contributed by atoms with Crippen molar-refractivity contribution < 1.29 is 18.0 Å². The Morgan fingerprint density at radius 3 is 2.35 bits per heavy atom. The number of benzene rings is 1. The maximum Gasteiger partial charge on any atom is 0.318 e. The molecule has 1 rings (SSSR count). The maximum atomic E-state index is 12.1. The highest BCUT2D eigenvalue weighted by atomic mass is 32.2. The smallest absolute Gasteiger partial charge is 0.318 e. The van der Waals surface area contributed by atoms with Crippen molar-refractivity contribution in [2.75, 3.05) is 20.1 Å². The average Bonchev–Trinajstić information content (AvgIpc) is 2.45. The van der Waals surface area contributed by atoms with Crippen LogP contribution in [0.25, 0.3) is 0 Å². The molecule has 0 aliphatic carbocycles. The predicted octanol–water partition coefficient (Wildman–Crippen LogP) is -0.211. The number of sulfonamides is 1. The van der Waals surface area contributed by atoms with Crippen molar-refractivity contribution in [1.82, 2.24) is 14.9 Å². The third-order valence-electron chi connectivity index (χ3n) is 3.37. The molecule has 0 bridgehead atoms. The molecule has 1 aromatic rings. The molecule has 23 heavy (non-hydrogen) atoms. The Balaban J connectivity index is 2.53. The highest BCUT2D eigenvalue weighted by molar-refractivity contribution is 7.89. The maximum absolute atomic E-state index is 12.1. The fraction of sp³-hybridized carbons (Fsp3) is 0.429. The van der Waals surface area contributed by atoms with Crippen LogP contribution in [-0.2, 0) is 14.8 Å². The van der Waals surface area contributed by atoms with Gasteiger partial charge in [0.25, 0.3) is 0 Å². The second-order valence-corrected chi connectivity index (χ2v) is 6.99. The van der Waals surface area contributed by atoms with E-state index in [1.807, 2.05) is 12.2 Å². The van der Waals surface area contributed by atoms with Gasteiger partial charge in [-0.05, 0) is 33.0 Å². The summed E-state index contributed by atoms with van der Waals surface area (Å²) in [6.07, 6.45) is 0. The number of urea groups is 1. The monoisotopic (exact) mass is 342 g/mol. The van der Waals surface area contributed by atoms with E-state index in [-0.39, 0.29) is 11.4 Å². The number of amides is 3. The molecular weight excluding hydrogens is 320 g/mol. The van der Waals surface area contributed by atoms with Gasteiger partial charge in [0.05, 0.1) is 10.9 Å². The minimum Gasteiger partial charge on any atom is -0.351 e. The van der Waals surface area contributed by atoms with Crippen LogP contribution >= 0.6 is 0 Å². The van der Waals surface area contributed by atoms with Crippen LogP contribution in [0.1, 0.15) is 12.5 Å². The minimum atomic E-state index is -3.59. The van der Waals surface area contributed by atoms with Gasteiger partial charge in [0.1, 0.15) is 0 Å². The van der Waals surface area contributed by atoms with E-state index in [2.05, 4.69) is 4.72 Å². The van der Waals surface area contributed by atoms with Crippen molar-refractivity contribution in [1.29, 1.82) is 0 Å². The van der Waals surface area contributed by atoms with Gasteiger partial charge in [-0.2, -0.15) is 0 Å². The molecule has 1 atom stereocenters. The van der Waals surface area contributed by atoms with Crippen LogP contribution in [0.15, 0.2) is 29.2 Å². The predicted molar refractivity (Wildman–Crippen MR) is 86.2 cm³/mol. The lowest BCUT2D eigenvalue weighted by Gasteiger charge is -2.23. The van der Waals surface area contributed by atoms with E-state index in [9.17, 15) is 18.0 Å². The van der Waals surface area contributed by atoms with E-state index in [4.69, 9.17) is 5.73 Å². The number of likely N-dealkylation sites (N-methyl/N-ethyl adjacent to an activating group) is 1. The Kier molecular flexibility index (Phi) is 6.67. The quantitative estimate of drug-likeness (QED) is 0.633. The van der Waals surface area contributed by atoms with Crippen LogP contribution in [0.2, 0.25) is 0 Å². The number of aryl methyl sites for hydroxylation is 1. The van der Waals surface area contributed by atoms with E-state index in [1.54, 1.807) is 31.0 Å². The number of imide groups is 1. The Morgan fingerprint density at radius 2 is 1.83 bits per heavy atom. The second kappa shape index (κ2) is 8.04. The molecule has 0 saturated carbocycles. The van der Waals surface area contributed by atoms with Gasteiger partial charge in [-0.3, -0.25) is 15.0 Å². The number of nitrogens with zero attached hydrogens (tertiary/aromatic N) is 1. The number of nitrogens with two attached hydrogens (primary N) is 1. The van der Waals surface area contributed by atoms with Gasteiger partial charge in [0.15, 0.2) is 0 Å². The van der Waals surface area contributed by atoms with Crippen LogP contribution in [0.3, 0.4) is 0 Å². The van der Waals surface area contributed by atoms with Crippen molar-refractivity contribution in [3.8, 4) is 0 Å². The number of hydrogen-bond acceptors (Lipinski definition) is 5. The first-order chi connectivity index (χ1) is 10.6. The zero-order valence-electron chi connectivity index (χ0n) is 13.4. The summed E-state index contributed by atoms with van der Waals surface area (Å²) in [4.78, 5) is 24.1. The lowest BCUT2D eigenvalue weighted by molar-refractivity contribution is -0.124. The topological polar surface area (TPSA) is 122 Å².